The Bertz CT molecular complexity index is 188. The molecule has 12 heavy (non-hydrogen) atoms. The van der Waals surface area contributed by atoms with E-state index in [9.17, 15) is 0 Å². The Hall–Kier alpha value is -0.270. The van der Waals surface area contributed by atoms with Gasteiger partial charge in [0.15, 0.2) is 0 Å². The van der Waals surface area contributed by atoms with Crippen molar-refractivity contribution < 1.29 is 5.11 Å². The predicted molar refractivity (Wildman–Crippen MR) is 54.3 cm³/mol. The summed E-state index contributed by atoms with van der Waals surface area (Å²) < 4.78 is 0. The maximum Gasteiger partial charge on any atom is 0.0653 e. The Labute approximate surface area is 79.7 Å². The van der Waals surface area contributed by atoms with Crippen molar-refractivity contribution in [3.63, 3.8) is 0 Å². The molecule has 0 saturated carbocycles. The van der Waals surface area contributed by atoms with Crippen molar-refractivity contribution in [2.75, 3.05) is 6.61 Å². The molecule has 0 aromatic carbocycles. The molecule has 0 aromatic rings. The van der Waals surface area contributed by atoms with Gasteiger partial charge in [0.05, 0.1) is 6.61 Å². The van der Waals surface area contributed by atoms with E-state index in [2.05, 4.69) is 20.8 Å². The number of rotatable bonds is 4. The molecule has 0 fully saturated rings. The molecular formula is C10H17ClO. The lowest BCUT2D eigenvalue weighted by atomic mass is 10.0. The van der Waals surface area contributed by atoms with Crippen LogP contribution < -0.4 is 0 Å². The van der Waals surface area contributed by atoms with Crippen LogP contribution in [0.2, 0.25) is 0 Å². The minimum atomic E-state index is 0.0690. The maximum absolute atomic E-state index is 8.81. The molecule has 0 aliphatic rings. The lowest BCUT2D eigenvalue weighted by Gasteiger charge is -2.04. The van der Waals surface area contributed by atoms with Crippen LogP contribution in [0.1, 0.15) is 33.6 Å². The Morgan fingerprint density at radius 3 is 2.17 bits per heavy atom. The monoisotopic (exact) mass is 188 g/mol. The molecule has 0 unspecified atom stereocenters. The second kappa shape index (κ2) is 6.27. The van der Waals surface area contributed by atoms with Gasteiger partial charge in [-0.25, -0.2) is 0 Å². The minimum Gasteiger partial charge on any atom is -0.392 e. The third-order valence-electron chi connectivity index (χ3n) is 2.03. The van der Waals surface area contributed by atoms with Crippen molar-refractivity contribution in [3.8, 4) is 0 Å². The zero-order valence-corrected chi connectivity index (χ0v) is 8.78. The van der Waals surface area contributed by atoms with Gasteiger partial charge in [-0.1, -0.05) is 22.7 Å². The zero-order chi connectivity index (χ0) is 9.56. The lowest BCUT2D eigenvalue weighted by molar-refractivity contribution is 0.327. The van der Waals surface area contributed by atoms with Crippen molar-refractivity contribution in [2.24, 2.45) is 0 Å². The first-order chi connectivity index (χ1) is 5.61. The highest BCUT2D eigenvalue weighted by Gasteiger charge is 1.97. The molecule has 0 saturated heterocycles. The van der Waals surface area contributed by atoms with Crippen LogP contribution in [0.5, 0.6) is 0 Å². The van der Waals surface area contributed by atoms with Crippen LogP contribution >= 0.6 is 11.6 Å². The van der Waals surface area contributed by atoms with Crippen molar-refractivity contribution in [1.82, 2.24) is 0 Å². The highest BCUT2D eigenvalue weighted by molar-refractivity contribution is 6.25. The van der Waals surface area contributed by atoms with E-state index < -0.39 is 0 Å². The molecule has 70 valence electrons. The average Bonchev–Trinajstić information content (AvgIpc) is 2.05. The van der Waals surface area contributed by atoms with Crippen LogP contribution in [-0.2, 0) is 0 Å². The molecule has 0 aliphatic heterocycles. The standard InChI is InChI=1S/C10H17ClO/c1-8(2)9(3)4-5-10(6-11)7-12/h6,12H,4-5,7H2,1-3H3/b10-6-. The van der Waals surface area contributed by atoms with E-state index in [0.717, 1.165) is 18.4 Å². The first kappa shape index (κ1) is 11.7. The summed E-state index contributed by atoms with van der Waals surface area (Å²) in [5, 5.41) is 8.81. The van der Waals surface area contributed by atoms with Crippen LogP contribution in [-0.4, -0.2) is 11.7 Å². The minimum absolute atomic E-state index is 0.0690. The molecule has 0 spiro atoms. The van der Waals surface area contributed by atoms with Gasteiger partial charge in [-0.05, 0) is 39.2 Å². The summed E-state index contributed by atoms with van der Waals surface area (Å²) in [7, 11) is 0. The van der Waals surface area contributed by atoms with Gasteiger partial charge in [-0.3, -0.25) is 0 Å². The first-order valence-corrected chi connectivity index (χ1v) is 4.57. The number of aliphatic hydroxyl groups excluding tert-OH is 1. The molecule has 0 aliphatic carbocycles. The topological polar surface area (TPSA) is 20.2 Å². The summed E-state index contributed by atoms with van der Waals surface area (Å²) in [6.07, 6.45) is 1.85. The number of hydrogen-bond donors (Lipinski definition) is 1. The summed E-state index contributed by atoms with van der Waals surface area (Å²) in [5.41, 5.74) is 5.09. The van der Waals surface area contributed by atoms with Gasteiger partial charge in [0.1, 0.15) is 0 Å². The van der Waals surface area contributed by atoms with E-state index in [1.807, 2.05) is 0 Å². The Morgan fingerprint density at radius 2 is 1.83 bits per heavy atom. The highest BCUT2D eigenvalue weighted by Crippen LogP contribution is 2.14. The molecule has 1 nitrogen and oxygen atoms in total. The van der Waals surface area contributed by atoms with Gasteiger partial charge >= 0.3 is 0 Å². The Kier molecular flexibility index (Phi) is 6.13. The van der Waals surface area contributed by atoms with E-state index in [4.69, 9.17) is 16.7 Å². The summed E-state index contributed by atoms with van der Waals surface area (Å²) in [4.78, 5) is 0. The maximum atomic E-state index is 8.81. The molecule has 0 rings (SSSR count). The largest absolute Gasteiger partial charge is 0.392 e. The fourth-order valence-electron chi connectivity index (χ4n) is 0.766. The smallest absolute Gasteiger partial charge is 0.0653 e. The third-order valence-corrected chi connectivity index (χ3v) is 2.34. The molecule has 0 aromatic heterocycles. The van der Waals surface area contributed by atoms with Crippen LogP contribution in [0, 0.1) is 0 Å². The van der Waals surface area contributed by atoms with Crippen molar-refractivity contribution >= 4 is 11.6 Å². The van der Waals surface area contributed by atoms with Gasteiger partial charge in [-0.15, -0.1) is 0 Å². The van der Waals surface area contributed by atoms with Crippen LogP contribution in [0.15, 0.2) is 22.3 Å². The van der Waals surface area contributed by atoms with Gasteiger partial charge in [-0.2, -0.15) is 0 Å². The van der Waals surface area contributed by atoms with Gasteiger partial charge < -0.3 is 5.11 Å². The van der Waals surface area contributed by atoms with E-state index in [0.29, 0.717) is 0 Å². The second-order valence-corrected chi connectivity index (χ2v) is 3.42. The molecule has 0 atom stereocenters. The third kappa shape index (κ3) is 4.58. The predicted octanol–water partition coefficient (Wildman–Crippen LogP) is 3.24. The summed E-state index contributed by atoms with van der Waals surface area (Å²) in [6, 6.07) is 0. The molecule has 0 radical (unpaired) electrons. The van der Waals surface area contributed by atoms with E-state index in [1.54, 1.807) is 0 Å². The molecule has 0 amide bonds. The van der Waals surface area contributed by atoms with Crippen molar-refractivity contribution in [1.29, 1.82) is 0 Å². The van der Waals surface area contributed by atoms with Crippen LogP contribution in [0.3, 0.4) is 0 Å². The SMILES string of the molecule is CC(C)=C(C)CC/C(=C/Cl)CO. The van der Waals surface area contributed by atoms with Crippen LogP contribution in [0.25, 0.3) is 0 Å². The lowest BCUT2D eigenvalue weighted by Crippen LogP contribution is -1.91. The highest BCUT2D eigenvalue weighted by atomic mass is 35.5. The Balaban J connectivity index is 3.91. The molecule has 0 bridgehead atoms. The van der Waals surface area contributed by atoms with E-state index >= 15 is 0 Å². The molecular weight excluding hydrogens is 172 g/mol. The second-order valence-electron chi connectivity index (χ2n) is 3.21. The van der Waals surface area contributed by atoms with Crippen molar-refractivity contribution in [2.45, 2.75) is 33.6 Å². The number of halogens is 1. The number of hydrogen-bond acceptors (Lipinski definition) is 1. The summed E-state index contributed by atoms with van der Waals surface area (Å²) >= 11 is 5.49. The van der Waals surface area contributed by atoms with Gasteiger partial charge in [0, 0.05) is 5.54 Å². The number of allylic oxidation sites excluding steroid dienone is 2. The fraction of sp³-hybridized carbons (Fsp3) is 0.600. The quantitative estimate of drug-likeness (QED) is 0.672. The van der Waals surface area contributed by atoms with Crippen LogP contribution in [0.4, 0.5) is 0 Å². The van der Waals surface area contributed by atoms with Gasteiger partial charge in [0.2, 0.25) is 0 Å². The zero-order valence-electron chi connectivity index (χ0n) is 8.02. The van der Waals surface area contributed by atoms with E-state index in [-0.39, 0.29) is 6.61 Å². The first-order valence-electron chi connectivity index (χ1n) is 4.13. The summed E-state index contributed by atoms with van der Waals surface area (Å²) in [5.74, 6) is 0. The molecule has 0 heterocycles. The Morgan fingerprint density at radius 1 is 1.25 bits per heavy atom. The fourth-order valence-corrected chi connectivity index (χ4v) is 0.944. The van der Waals surface area contributed by atoms with E-state index in [1.165, 1.54) is 16.7 Å². The van der Waals surface area contributed by atoms with Crippen molar-refractivity contribution in [3.05, 3.63) is 22.3 Å². The molecule has 1 N–H and O–H groups in total. The van der Waals surface area contributed by atoms with Gasteiger partial charge in [0.25, 0.3) is 0 Å². The average molecular weight is 189 g/mol. The normalized spacial score (nSPS) is 11.6. The molecule has 2 heteroatoms. The summed E-state index contributed by atoms with van der Waals surface area (Å²) in [6.45, 7) is 6.37. The number of aliphatic hydroxyl groups is 1.